The third kappa shape index (κ3) is 4.09. The molecule has 1 atom stereocenters. The van der Waals surface area contributed by atoms with Crippen molar-refractivity contribution in [2.75, 3.05) is 13.2 Å². The molecule has 4 nitrogen and oxygen atoms in total. The molecule has 1 fully saturated rings. The smallest absolute Gasteiger partial charge is 0.128 e. The van der Waals surface area contributed by atoms with Gasteiger partial charge in [0.25, 0.3) is 0 Å². The summed E-state index contributed by atoms with van der Waals surface area (Å²) < 4.78 is 5.91. The monoisotopic (exact) mass is 350 g/mol. The quantitative estimate of drug-likeness (QED) is 0.648. The number of nitrogens with zero attached hydrogens (tertiary/aromatic N) is 1. The second kappa shape index (κ2) is 7.52. The number of aromatic amines is 1. The Bertz CT molecular complexity index is 852. The Morgan fingerprint density at radius 3 is 2.73 bits per heavy atom. The highest BCUT2D eigenvalue weighted by Gasteiger charge is 2.30. The molecule has 2 aromatic carbocycles. The molecule has 1 heterocycles. The van der Waals surface area contributed by atoms with Crippen molar-refractivity contribution < 1.29 is 9.84 Å². The molecule has 3 aromatic rings. The van der Waals surface area contributed by atoms with Crippen molar-refractivity contribution in [2.24, 2.45) is 0 Å². The van der Waals surface area contributed by atoms with Gasteiger partial charge in [-0.2, -0.15) is 0 Å². The van der Waals surface area contributed by atoms with Crippen molar-refractivity contribution in [3.8, 4) is 5.75 Å². The number of ether oxygens (including phenoxy) is 1. The predicted molar refractivity (Wildman–Crippen MR) is 104 cm³/mol. The molecule has 1 aromatic heterocycles. The highest BCUT2D eigenvalue weighted by molar-refractivity contribution is 5.85. The number of rotatable bonds is 8. The first-order valence-electron chi connectivity index (χ1n) is 9.35. The fraction of sp³-hybridized carbons (Fsp3) is 0.364. The summed E-state index contributed by atoms with van der Waals surface area (Å²) in [6, 6.07) is 17.2. The summed E-state index contributed by atoms with van der Waals surface area (Å²) in [5.41, 5.74) is 3.63. The van der Waals surface area contributed by atoms with E-state index in [1.54, 1.807) is 0 Å². The average molecular weight is 350 g/mol. The van der Waals surface area contributed by atoms with Gasteiger partial charge >= 0.3 is 0 Å². The lowest BCUT2D eigenvalue weighted by Gasteiger charge is -2.25. The lowest BCUT2D eigenvalue weighted by molar-refractivity contribution is 0.0631. The summed E-state index contributed by atoms with van der Waals surface area (Å²) in [5.74, 6) is 0.819. The van der Waals surface area contributed by atoms with E-state index in [1.807, 2.05) is 30.5 Å². The minimum atomic E-state index is -0.504. The van der Waals surface area contributed by atoms with E-state index in [0.717, 1.165) is 23.2 Å². The molecule has 0 amide bonds. The maximum atomic E-state index is 10.5. The van der Waals surface area contributed by atoms with Gasteiger partial charge in [-0.3, -0.25) is 4.90 Å². The zero-order chi connectivity index (χ0) is 17.9. The van der Waals surface area contributed by atoms with E-state index in [-0.39, 0.29) is 0 Å². The molecule has 1 aliphatic rings. The van der Waals surface area contributed by atoms with Crippen LogP contribution < -0.4 is 4.74 Å². The molecule has 4 heteroatoms. The van der Waals surface area contributed by atoms with Crippen molar-refractivity contribution in [3.05, 3.63) is 65.9 Å². The predicted octanol–water partition coefficient (Wildman–Crippen LogP) is 3.88. The zero-order valence-electron chi connectivity index (χ0n) is 15.2. The molecule has 0 radical (unpaired) electrons. The fourth-order valence-electron chi connectivity index (χ4n) is 3.40. The molecule has 26 heavy (non-hydrogen) atoms. The van der Waals surface area contributed by atoms with Crippen LogP contribution in [0.1, 0.15) is 24.0 Å². The van der Waals surface area contributed by atoms with E-state index in [4.69, 9.17) is 4.74 Å². The van der Waals surface area contributed by atoms with E-state index < -0.39 is 6.10 Å². The normalized spacial score (nSPS) is 15.5. The van der Waals surface area contributed by atoms with Gasteiger partial charge in [-0.05, 0) is 43.5 Å². The second-order valence-electron chi connectivity index (χ2n) is 7.31. The summed E-state index contributed by atoms with van der Waals surface area (Å²) in [6.45, 7) is 3.94. The molecule has 0 bridgehead atoms. The van der Waals surface area contributed by atoms with E-state index in [2.05, 4.69) is 41.1 Å². The SMILES string of the molecule is Cc1ccc(CN(CC(O)COc2cccc3[nH]ccc23)C2CC2)cc1. The lowest BCUT2D eigenvalue weighted by atomic mass is 10.1. The number of H-pyrrole nitrogens is 1. The number of aromatic nitrogens is 1. The van der Waals surface area contributed by atoms with Crippen LogP contribution in [0.4, 0.5) is 0 Å². The summed E-state index contributed by atoms with van der Waals surface area (Å²) in [6.07, 6.45) is 3.85. The maximum Gasteiger partial charge on any atom is 0.128 e. The molecule has 1 unspecified atom stereocenters. The Balaban J connectivity index is 1.35. The zero-order valence-corrected chi connectivity index (χ0v) is 15.2. The first-order chi connectivity index (χ1) is 12.7. The van der Waals surface area contributed by atoms with E-state index in [1.165, 1.54) is 24.0 Å². The minimum Gasteiger partial charge on any atom is -0.490 e. The average Bonchev–Trinajstić information content (AvgIpc) is 3.38. The third-order valence-corrected chi connectivity index (χ3v) is 5.00. The maximum absolute atomic E-state index is 10.5. The Labute approximate surface area is 154 Å². The number of hydrogen-bond donors (Lipinski definition) is 2. The minimum absolute atomic E-state index is 0.307. The second-order valence-corrected chi connectivity index (χ2v) is 7.31. The topological polar surface area (TPSA) is 48.5 Å². The van der Waals surface area contributed by atoms with Crippen molar-refractivity contribution in [1.82, 2.24) is 9.88 Å². The molecular formula is C22H26N2O2. The Kier molecular flexibility index (Phi) is 4.96. The van der Waals surface area contributed by atoms with Crippen LogP contribution >= 0.6 is 0 Å². The van der Waals surface area contributed by atoms with Crippen LogP contribution in [0.5, 0.6) is 5.75 Å². The van der Waals surface area contributed by atoms with Crippen molar-refractivity contribution >= 4 is 10.9 Å². The van der Waals surface area contributed by atoms with Crippen LogP contribution in [0, 0.1) is 6.92 Å². The van der Waals surface area contributed by atoms with Gasteiger partial charge in [-0.1, -0.05) is 35.9 Å². The highest BCUT2D eigenvalue weighted by atomic mass is 16.5. The summed E-state index contributed by atoms with van der Waals surface area (Å²) in [4.78, 5) is 5.57. The first kappa shape index (κ1) is 17.1. The first-order valence-corrected chi connectivity index (χ1v) is 9.35. The van der Waals surface area contributed by atoms with Crippen LogP contribution in [-0.2, 0) is 6.54 Å². The Hall–Kier alpha value is -2.30. The van der Waals surface area contributed by atoms with Crippen LogP contribution in [0.25, 0.3) is 10.9 Å². The molecule has 0 aliphatic heterocycles. The number of aliphatic hydroxyl groups is 1. The molecular weight excluding hydrogens is 324 g/mol. The molecule has 2 N–H and O–H groups in total. The lowest BCUT2D eigenvalue weighted by Crippen LogP contribution is -2.36. The molecule has 1 aliphatic carbocycles. The number of aliphatic hydroxyl groups excluding tert-OH is 1. The summed E-state index contributed by atoms with van der Waals surface area (Å²) in [5, 5.41) is 11.6. The number of fused-ring (bicyclic) bond motifs is 1. The number of hydrogen-bond acceptors (Lipinski definition) is 3. The van der Waals surface area contributed by atoms with Gasteiger partial charge in [-0.25, -0.2) is 0 Å². The Morgan fingerprint density at radius 2 is 1.96 bits per heavy atom. The Morgan fingerprint density at radius 1 is 1.15 bits per heavy atom. The van der Waals surface area contributed by atoms with Gasteiger partial charge in [0.15, 0.2) is 0 Å². The standard InChI is InChI=1S/C22H26N2O2/c1-16-5-7-17(8-6-16)13-24(18-9-10-18)14-19(25)15-26-22-4-2-3-21-20(22)11-12-23-21/h2-8,11-12,18-19,23,25H,9-10,13-15H2,1H3. The molecule has 136 valence electrons. The van der Waals surface area contributed by atoms with Crippen LogP contribution in [0.2, 0.25) is 0 Å². The van der Waals surface area contributed by atoms with Gasteiger partial charge in [0.05, 0.1) is 0 Å². The molecule has 1 saturated carbocycles. The van der Waals surface area contributed by atoms with Crippen molar-refractivity contribution in [1.29, 1.82) is 0 Å². The summed E-state index contributed by atoms with van der Waals surface area (Å²) in [7, 11) is 0. The van der Waals surface area contributed by atoms with Crippen molar-refractivity contribution in [3.63, 3.8) is 0 Å². The largest absolute Gasteiger partial charge is 0.490 e. The highest BCUT2D eigenvalue weighted by Crippen LogP contribution is 2.29. The van der Waals surface area contributed by atoms with Gasteiger partial charge in [0.1, 0.15) is 18.5 Å². The molecule has 0 saturated heterocycles. The number of benzene rings is 2. The van der Waals surface area contributed by atoms with Crippen LogP contribution in [0.3, 0.4) is 0 Å². The third-order valence-electron chi connectivity index (χ3n) is 5.00. The van der Waals surface area contributed by atoms with Gasteiger partial charge in [0, 0.05) is 36.2 Å². The van der Waals surface area contributed by atoms with Gasteiger partial charge in [0.2, 0.25) is 0 Å². The number of nitrogens with one attached hydrogen (secondary N) is 1. The number of aryl methyl sites for hydroxylation is 1. The van der Waals surface area contributed by atoms with Gasteiger partial charge < -0.3 is 14.8 Å². The van der Waals surface area contributed by atoms with Crippen molar-refractivity contribution in [2.45, 2.75) is 38.5 Å². The molecule has 0 spiro atoms. The van der Waals surface area contributed by atoms with E-state index in [0.29, 0.717) is 19.2 Å². The van der Waals surface area contributed by atoms with Crippen LogP contribution in [0.15, 0.2) is 54.7 Å². The van der Waals surface area contributed by atoms with Gasteiger partial charge in [-0.15, -0.1) is 0 Å². The fourth-order valence-corrected chi connectivity index (χ4v) is 3.40. The van der Waals surface area contributed by atoms with Crippen LogP contribution in [-0.4, -0.2) is 40.3 Å². The van der Waals surface area contributed by atoms with E-state index in [9.17, 15) is 5.11 Å². The summed E-state index contributed by atoms with van der Waals surface area (Å²) >= 11 is 0. The molecule has 4 rings (SSSR count). The van der Waals surface area contributed by atoms with E-state index >= 15 is 0 Å².